The standard InChI is InChI=1S/C11H13N5O3/c1-7(16-4-3-9(14-16)11(18)19)10(17)13-8-5-12-15(2)6-8/h3-7H,1-2H3,(H,13,17)(H,18,19). The van der Waals surface area contributed by atoms with Crippen molar-refractivity contribution in [3.8, 4) is 0 Å². The molecule has 2 aromatic heterocycles. The Labute approximate surface area is 108 Å². The minimum Gasteiger partial charge on any atom is -0.476 e. The van der Waals surface area contributed by atoms with E-state index in [0.717, 1.165) is 0 Å². The molecule has 0 aliphatic rings. The molecular formula is C11H13N5O3. The number of carboxylic acid groups (broad SMARTS) is 1. The number of aromatic carboxylic acids is 1. The van der Waals surface area contributed by atoms with Crippen LogP contribution in [0.3, 0.4) is 0 Å². The SMILES string of the molecule is CC(C(=O)Nc1cnn(C)c1)n1ccc(C(=O)O)n1. The molecule has 0 fully saturated rings. The van der Waals surface area contributed by atoms with Crippen LogP contribution in [0.1, 0.15) is 23.5 Å². The van der Waals surface area contributed by atoms with Crippen LogP contribution >= 0.6 is 0 Å². The van der Waals surface area contributed by atoms with Gasteiger partial charge in [0, 0.05) is 19.4 Å². The van der Waals surface area contributed by atoms with Gasteiger partial charge in [-0.05, 0) is 13.0 Å². The molecule has 2 heterocycles. The van der Waals surface area contributed by atoms with Gasteiger partial charge in [-0.3, -0.25) is 14.2 Å². The third-order valence-corrected chi connectivity index (χ3v) is 2.58. The molecule has 100 valence electrons. The van der Waals surface area contributed by atoms with E-state index in [9.17, 15) is 9.59 Å². The van der Waals surface area contributed by atoms with Crippen LogP contribution in [0.15, 0.2) is 24.7 Å². The zero-order valence-electron chi connectivity index (χ0n) is 10.4. The summed E-state index contributed by atoms with van der Waals surface area (Å²) in [4.78, 5) is 22.7. The molecule has 2 rings (SSSR count). The number of carbonyl (C=O) groups is 2. The van der Waals surface area contributed by atoms with Crippen molar-refractivity contribution in [2.75, 3.05) is 5.32 Å². The first-order valence-electron chi connectivity index (χ1n) is 5.55. The van der Waals surface area contributed by atoms with Gasteiger partial charge < -0.3 is 10.4 Å². The fourth-order valence-corrected chi connectivity index (χ4v) is 1.52. The second-order valence-electron chi connectivity index (χ2n) is 4.05. The van der Waals surface area contributed by atoms with Crippen LogP contribution in [0, 0.1) is 0 Å². The summed E-state index contributed by atoms with van der Waals surface area (Å²) in [5.74, 6) is -1.42. The van der Waals surface area contributed by atoms with E-state index in [1.54, 1.807) is 24.9 Å². The minimum atomic E-state index is -1.13. The van der Waals surface area contributed by atoms with Gasteiger partial charge >= 0.3 is 5.97 Å². The summed E-state index contributed by atoms with van der Waals surface area (Å²) < 4.78 is 2.87. The molecular weight excluding hydrogens is 250 g/mol. The summed E-state index contributed by atoms with van der Waals surface area (Å²) in [6.07, 6.45) is 4.64. The molecule has 0 saturated heterocycles. The summed E-state index contributed by atoms with van der Waals surface area (Å²) in [5.41, 5.74) is 0.478. The van der Waals surface area contributed by atoms with Gasteiger partial charge in [-0.2, -0.15) is 10.2 Å². The van der Waals surface area contributed by atoms with E-state index in [1.165, 1.54) is 23.1 Å². The van der Waals surface area contributed by atoms with E-state index >= 15 is 0 Å². The summed E-state index contributed by atoms with van der Waals surface area (Å²) >= 11 is 0. The molecule has 0 aromatic carbocycles. The van der Waals surface area contributed by atoms with E-state index in [-0.39, 0.29) is 11.6 Å². The van der Waals surface area contributed by atoms with E-state index in [2.05, 4.69) is 15.5 Å². The lowest BCUT2D eigenvalue weighted by Crippen LogP contribution is -2.24. The van der Waals surface area contributed by atoms with Gasteiger partial charge in [0.25, 0.3) is 0 Å². The first-order valence-corrected chi connectivity index (χ1v) is 5.55. The lowest BCUT2D eigenvalue weighted by atomic mass is 10.3. The number of carbonyl (C=O) groups excluding carboxylic acids is 1. The molecule has 1 amide bonds. The van der Waals surface area contributed by atoms with Gasteiger partial charge in [-0.1, -0.05) is 0 Å². The zero-order chi connectivity index (χ0) is 14.0. The summed E-state index contributed by atoms with van der Waals surface area (Å²) in [5, 5.41) is 19.2. The average Bonchev–Trinajstić information content (AvgIpc) is 2.97. The summed E-state index contributed by atoms with van der Waals surface area (Å²) in [6, 6.07) is 0.726. The van der Waals surface area contributed by atoms with Gasteiger partial charge in [-0.25, -0.2) is 4.79 Å². The number of carboxylic acids is 1. The highest BCUT2D eigenvalue weighted by atomic mass is 16.4. The topological polar surface area (TPSA) is 102 Å². The fourth-order valence-electron chi connectivity index (χ4n) is 1.52. The third kappa shape index (κ3) is 2.79. The molecule has 2 N–H and O–H groups in total. The third-order valence-electron chi connectivity index (χ3n) is 2.58. The fraction of sp³-hybridized carbons (Fsp3) is 0.273. The molecule has 1 unspecified atom stereocenters. The average molecular weight is 263 g/mol. The first-order chi connectivity index (χ1) is 8.97. The van der Waals surface area contributed by atoms with Gasteiger partial charge in [0.2, 0.25) is 5.91 Å². The number of aryl methyl sites for hydroxylation is 1. The number of aromatic nitrogens is 4. The van der Waals surface area contributed by atoms with Crippen LogP contribution in [0.5, 0.6) is 0 Å². The Bertz CT molecular complexity index is 615. The number of amides is 1. The molecule has 8 heteroatoms. The lowest BCUT2D eigenvalue weighted by molar-refractivity contribution is -0.119. The highest BCUT2D eigenvalue weighted by molar-refractivity contribution is 5.93. The molecule has 0 aliphatic carbocycles. The second-order valence-corrected chi connectivity index (χ2v) is 4.05. The van der Waals surface area contributed by atoms with Crippen molar-refractivity contribution in [1.82, 2.24) is 19.6 Å². The minimum absolute atomic E-state index is 0.0963. The van der Waals surface area contributed by atoms with Gasteiger partial charge in [0.15, 0.2) is 5.69 Å². The van der Waals surface area contributed by atoms with E-state index in [0.29, 0.717) is 5.69 Å². The Kier molecular flexibility index (Phi) is 3.32. The second kappa shape index (κ2) is 4.92. The Balaban J connectivity index is 2.07. The highest BCUT2D eigenvalue weighted by Crippen LogP contribution is 2.11. The summed E-state index contributed by atoms with van der Waals surface area (Å²) in [6.45, 7) is 1.63. The molecule has 0 saturated carbocycles. The van der Waals surface area contributed by atoms with Crippen molar-refractivity contribution >= 4 is 17.6 Å². The predicted molar refractivity (Wildman–Crippen MR) is 65.7 cm³/mol. The highest BCUT2D eigenvalue weighted by Gasteiger charge is 2.18. The van der Waals surface area contributed by atoms with Crippen LogP contribution in [0.2, 0.25) is 0 Å². The van der Waals surface area contributed by atoms with Crippen molar-refractivity contribution in [3.05, 3.63) is 30.4 Å². The van der Waals surface area contributed by atoms with Crippen LogP contribution in [-0.4, -0.2) is 36.5 Å². The normalized spacial score (nSPS) is 12.1. The quantitative estimate of drug-likeness (QED) is 0.837. The first kappa shape index (κ1) is 12.8. The number of rotatable bonds is 4. The van der Waals surface area contributed by atoms with Gasteiger partial charge in [0.05, 0.1) is 11.9 Å². The Morgan fingerprint density at radius 3 is 2.74 bits per heavy atom. The van der Waals surface area contributed by atoms with Crippen molar-refractivity contribution in [2.45, 2.75) is 13.0 Å². The van der Waals surface area contributed by atoms with E-state index in [1.807, 2.05) is 0 Å². The Morgan fingerprint density at radius 2 is 2.21 bits per heavy atom. The van der Waals surface area contributed by atoms with Gasteiger partial charge in [0.1, 0.15) is 6.04 Å². The van der Waals surface area contributed by atoms with Crippen molar-refractivity contribution in [2.24, 2.45) is 7.05 Å². The van der Waals surface area contributed by atoms with Crippen molar-refractivity contribution in [3.63, 3.8) is 0 Å². The number of nitrogens with zero attached hydrogens (tertiary/aromatic N) is 4. The predicted octanol–water partition coefficient (Wildman–Crippen LogP) is 0.514. The smallest absolute Gasteiger partial charge is 0.356 e. The van der Waals surface area contributed by atoms with Crippen molar-refractivity contribution < 1.29 is 14.7 Å². The maximum atomic E-state index is 11.9. The number of nitrogens with one attached hydrogen (secondary N) is 1. The summed E-state index contributed by atoms with van der Waals surface area (Å²) in [7, 11) is 1.74. The largest absolute Gasteiger partial charge is 0.476 e. The molecule has 2 aromatic rings. The van der Waals surface area contributed by atoms with Gasteiger partial charge in [-0.15, -0.1) is 0 Å². The number of hydrogen-bond donors (Lipinski definition) is 2. The van der Waals surface area contributed by atoms with Crippen LogP contribution in [0.4, 0.5) is 5.69 Å². The Hall–Kier alpha value is -2.64. The molecule has 0 radical (unpaired) electrons. The Morgan fingerprint density at radius 1 is 1.47 bits per heavy atom. The zero-order valence-corrected chi connectivity index (χ0v) is 10.4. The van der Waals surface area contributed by atoms with Crippen LogP contribution < -0.4 is 5.32 Å². The molecule has 0 bridgehead atoms. The number of hydrogen-bond acceptors (Lipinski definition) is 4. The van der Waals surface area contributed by atoms with E-state index < -0.39 is 12.0 Å². The lowest BCUT2D eigenvalue weighted by Gasteiger charge is -2.11. The van der Waals surface area contributed by atoms with Crippen LogP contribution in [0.25, 0.3) is 0 Å². The molecule has 1 atom stereocenters. The maximum Gasteiger partial charge on any atom is 0.356 e. The number of anilines is 1. The van der Waals surface area contributed by atoms with Crippen LogP contribution in [-0.2, 0) is 11.8 Å². The maximum absolute atomic E-state index is 11.9. The molecule has 0 aliphatic heterocycles. The molecule has 8 nitrogen and oxygen atoms in total. The molecule has 19 heavy (non-hydrogen) atoms. The van der Waals surface area contributed by atoms with E-state index in [4.69, 9.17) is 5.11 Å². The molecule has 0 spiro atoms. The van der Waals surface area contributed by atoms with Crippen molar-refractivity contribution in [1.29, 1.82) is 0 Å². The monoisotopic (exact) mass is 263 g/mol.